The first-order valence-electron chi connectivity index (χ1n) is 16.5. The monoisotopic (exact) mass is 500 g/mol. The maximum Gasteiger partial charge on any atom is 0.0186 e. The van der Waals surface area contributed by atoms with E-state index in [1.807, 2.05) is 0 Å². The van der Waals surface area contributed by atoms with E-state index in [-0.39, 0.29) is 5.54 Å². The second-order valence-electron chi connectivity index (χ2n) is 11.9. The van der Waals surface area contributed by atoms with E-state index in [1.165, 1.54) is 160 Å². The molecule has 36 heavy (non-hydrogen) atoms. The summed E-state index contributed by atoms with van der Waals surface area (Å²) in [5.74, 6) is 0.617. The maximum atomic E-state index is 7.47. The summed E-state index contributed by atoms with van der Waals surface area (Å²) in [6.45, 7) is 6.93. The van der Waals surface area contributed by atoms with Gasteiger partial charge in [0, 0.05) is 5.54 Å². The molecule has 1 unspecified atom stereocenters. The van der Waals surface area contributed by atoms with Gasteiger partial charge in [-0.2, -0.15) is 0 Å². The molecule has 0 aliphatic heterocycles. The van der Waals surface area contributed by atoms with Crippen molar-refractivity contribution in [1.82, 2.24) is 0 Å². The number of hydrogen-bond donors (Lipinski definition) is 1. The first kappa shape index (κ1) is 33.2. The summed E-state index contributed by atoms with van der Waals surface area (Å²) in [6.07, 6.45) is 32.5. The van der Waals surface area contributed by atoms with E-state index in [0.717, 1.165) is 0 Å². The van der Waals surface area contributed by atoms with Gasteiger partial charge in [0.15, 0.2) is 0 Å². The van der Waals surface area contributed by atoms with Crippen LogP contribution in [0, 0.1) is 5.92 Å². The zero-order valence-corrected chi connectivity index (χ0v) is 25.0. The van der Waals surface area contributed by atoms with E-state index in [0.29, 0.717) is 5.92 Å². The minimum atomic E-state index is 0.00643. The van der Waals surface area contributed by atoms with Gasteiger partial charge in [-0.05, 0) is 37.2 Å². The predicted molar refractivity (Wildman–Crippen MR) is 164 cm³/mol. The van der Waals surface area contributed by atoms with Crippen molar-refractivity contribution in [1.29, 1.82) is 0 Å². The third-order valence-electron chi connectivity index (χ3n) is 8.54. The molecule has 0 radical (unpaired) electrons. The summed E-state index contributed by atoms with van der Waals surface area (Å²) in [6, 6.07) is 11.2. The Kier molecular flexibility index (Phi) is 21.5. The fourth-order valence-corrected chi connectivity index (χ4v) is 6.02. The van der Waals surface area contributed by atoms with E-state index in [4.69, 9.17) is 5.73 Å². The Morgan fingerprint density at radius 3 is 1.36 bits per heavy atom. The van der Waals surface area contributed by atoms with Crippen LogP contribution in [0.1, 0.15) is 174 Å². The summed E-state index contributed by atoms with van der Waals surface area (Å²) in [5, 5.41) is 0. The molecule has 0 saturated carbocycles. The molecule has 0 amide bonds. The van der Waals surface area contributed by atoms with Crippen LogP contribution in [-0.2, 0) is 6.42 Å². The average molecular weight is 500 g/mol. The normalized spacial score (nSPS) is 12.8. The fraction of sp³-hybridized carbons (Fsp3) is 0.829. The molecule has 1 rings (SSSR count). The molecule has 0 heterocycles. The molecule has 0 bridgehead atoms. The van der Waals surface area contributed by atoms with Crippen molar-refractivity contribution >= 4 is 0 Å². The number of hydrogen-bond acceptors (Lipinski definition) is 1. The lowest BCUT2D eigenvalue weighted by Crippen LogP contribution is -2.48. The van der Waals surface area contributed by atoms with Crippen molar-refractivity contribution in [3.63, 3.8) is 0 Å². The van der Waals surface area contributed by atoms with Crippen LogP contribution in [0.2, 0.25) is 0 Å². The summed E-state index contributed by atoms with van der Waals surface area (Å²) < 4.78 is 0. The highest BCUT2D eigenvalue weighted by Crippen LogP contribution is 2.34. The van der Waals surface area contributed by atoms with Gasteiger partial charge in [-0.15, -0.1) is 0 Å². The van der Waals surface area contributed by atoms with Crippen molar-refractivity contribution in [2.45, 2.75) is 180 Å². The van der Waals surface area contributed by atoms with Gasteiger partial charge in [-0.3, -0.25) is 0 Å². The lowest BCUT2D eigenvalue weighted by Gasteiger charge is -2.39. The highest BCUT2D eigenvalue weighted by Gasteiger charge is 2.33. The molecule has 2 N–H and O–H groups in total. The van der Waals surface area contributed by atoms with Crippen LogP contribution < -0.4 is 5.73 Å². The SMILES string of the molecule is CCCCCCCCCCC(Cc1ccccc1)C(N)(CCCCCCCC)CCCCCCCC. The van der Waals surface area contributed by atoms with Crippen LogP contribution in [0.3, 0.4) is 0 Å². The topological polar surface area (TPSA) is 26.0 Å². The van der Waals surface area contributed by atoms with Crippen molar-refractivity contribution in [2.75, 3.05) is 0 Å². The Hall–Kier alpha value is -0.820. The minimum absolute atomic E-state index is 0.00643. The van der Waals surface area contributed by atoms with Crippen LogP contribution in [0.5, 0.6) is 0 Å². The maximum absolute atomic E-state index is 7.47. The van der Waals surface area contributed by atoms with Crippen LogP contribution >= 0.6 is 0 Å². The molecule has 0 aliphatic rings. The van der Waals surface area contributed by atoms with Crippen molar-refractivity contribution in [3.8, 4) is 0 Å². The predicted octanol–water partition coefficient (Wildman–Crippen LogP) is 11.6. The van der Waals surface area contributed by atoms with Crippen LogP contribution in [-0.4, -0.2) is 5.54 Å². The van der Waals surface area contributed by atoms with Gasteiger partial charge in [0.1, 0.15) is 0 Å². The molecule has 0 saturated heterocycles. The highest BCUT2D eigenvalue weighted by atomic mass is 14.8. The van der Waals surface area contributed by atoms with Gasteiger partial charge in [-0.1, -0.05) is 180 Å². The lowest BCUT2D eigenvalue weighted by molar-refractivity contribution is 0.203. The largest absolute Gasteiger partial charge is 0.325 e. The summed E-state index contributed by atoms with van der Waals surface area (Å²) in [4.78, 5) is 0. The van der Waals surface area contributed by atoms with E-state index in [9.17, 15) is 0 Å². The zero-order valence-electron chi connectivity index (χ0n) is 25.0. The Morgan fingerprint density at radius 2 is 0.917 bits per heavy atom. The first-order chi connectivity index (χ1) is 17.7. The molecule has 1 aromatic rings. The fourth-order valence-electron chi connectivity index (χ4n) is 6.02. The Labute approximate surface area is 227 Å². The summed E-state index contributed by atoms with van der Waals surface area (Å²) >= 11 is 0. The third kappa shape index (κ3) is 16.8. The molecule has 1 nitrogen and oxygen atoms in total. The molecule has 210 valence electrons. The van der Waals surface area contributed by atoms with Crippen molar-refractivity contribution in [2.24, 2.45) is 11.7 Å². The van der Waals surface area contributed by atoms with Gasteiger partial charge < -0.3 is 5.73 Å². The molecule has 1 heteroatoms. The van der Waals surface area contributed by atoms with Crippen LogP contribution in [0.25, 0.3) is 0 Å². The number of benzene rings is 1. The Bertz CT molecular complexity index is 549. The average Bonchev–Trinajstić information content (AvgIpc) is 2.89. The van der Waals surface area contributed by atoms with E-state index < -0.39 is 0 Å². The molecule has 1 atom stereocenters. The molecule has 0 spiro atoms. The summed E-state index contributed by atoms with van der Waals surface area (Å²) in [7, 11) is 0. The van der Waals surface area contributed by atoms with Gasteiger partial charge in [0.2, 0.25) is 0 Å². The number of nitrogens with two attached hydrogens (primary N) is 1. The quantitative estimate of drug-likeness (QED) is 0.126. The number of unbranched alkanes of at least 4 members (excludes halogenated alkanes) is 17. The molecular weight excluding hydrogens is 434 g/mol. The molecule has 1 aromatic carbocycles. The van der Waals surface area contributed by atoms with E-state index in [2.05, 4.69) is 51.1 Å². The molecular formula is C35H65N. The minimum Gasteiger partial charge on any atom is -0.325 e. The standard InChI is InChI=1S/C35H65N/c1-4-7-10-13-16-17-18-24-29-34(32-33-27-22-21-23-28-33)35(36,30-25-19-14-11-8-5-2)31-26-20-15-12-9-6-3/h21-23,27-28,34H,4-20,24-26,29-32,36H2,1-3H3. The molecule has 0 aliphatic carbocycles. The first-order valence-corrected chi connectivity index (χ1v) is 16.5. The van der Waals surface area contributed by atoms with Gasteiger partial charge >= 0.3 is 0 Å². The molecule has 0 fully saturated rings. The smallest absolute Gasteiger partial charge is 0.0186 e. The van der Waals surface area contributed by atoms with Crippen molar-refractivity contribution in [3.05, 3.63) is 35.9 Å². The highest BCUT2D eigenvalue weighted by molar-refractivity contribution is 5.16. The second-order valence-corrected chi connectivity index (χ2v) is 11.9. The van der Waals surface area contributed by atoms with Gasteiger partial charge in [0.25, 0.3) is 0 Å². The second kappa shape index (κ2) is 23.3. The van der Waals surface area contributed by atoms with Crippen molar-refractivity contribution < 1.29 is 0 Å². The Morgan fingerprint density at radius 1 is 0.528 bits per heavy atom. The van der Waals surface area contributed by atoms with E-state index >= 15 is 0 Å². The number of rotatable bonds is 26. The summed E-state index contributed by atoms with van der Waals surface area (Å²) in [5.41, 5.74) is 8.96. The lowest BCUT2D eigenvalue weighted by atomic mass is 9.72. The van der Waals surface area contributed by atoms with E-state index in [1.54, 1.807) is 0 Å². The third-order valence-corrected chi connectivity index (χ3v) is 8.54. The van der Waals surface area contributed by atoms with Crippen LogP contribution in [0.4, 0.5) is 0 Å². The van der Waals surface area contributed by atoms with Crippen LogP contribution in [0.15, 0.2) is 30.3 Å². The Balaban J connectivity index is 2.72. The zero-order chi connectivity index (χ0) is 26.2. The molecule has 0 aromatic heterocycles. The van der Waals surface area contributed by atoms with Gasteiger partial charge in [-0.25, -0.2) is 0 Å². The van der Waals surface area contributed by atoms with Gasteiger partial charge in [0.05, 0.1) is 0 Å².